The number of nitrogens with zero attached hydrogens (tertiary/aromatic N) is 3. The number of carbonyl (C=O) groups is 1. The fourth-order valence-corrected chi connectivity index (χ4v) is 3.87. The highest BCUT2D eigenvalue weighted by Gasteiger charge is 2.27. The van der Waals surface area contributed by atoms with Crippen LogP contribution >= 0.6 is 0 Å². The van der Waals surface area contributed by atoms with Gasteiger partial charge in [-0.25, -0.2) is 8.42 Å². The van der Waals surface area contributed by atoms with Crippen LogP contribution in [0.3, 0.4) is 0 Å². The molecule has 1 aliphatic heterocycles. The summed E-state index contributed by atoms with van der Waals surface area (Å²) >= 11 is 0. The van der Waals surface area contributed by atoms with Crippen molar-refractivity contribution in [1.29, 1.82) is 0 Å². The summed E-state index contributed by atoms with van der Waals surface area (Å²) in [4.78, 5) is 14.2. The lowest BCUT2D eigenvalue weighted by Gasteiger charge is -2.33. The van der Waals surface area contributed by atoms with Crippen molar-refractivity contribution in [2.45, 2.75) is 27.2 Å². The summed E-state index contributed by atoms with van der Waals surface area (Å²) in [6, 6.07) is 2.05. The van der Waals surface area contributed by atoms with E-state index in [0.29, 0.717) is 32.6 Å². The van der Waals surface area contributed by atoms with Crippen LogP contribution in [0.5, 0.6) is 0 Å². The molecule has 1 aliphatic rings. The number of hydrogen-bond donors (Lipinski definition) is 0. The Morgan fingerprint density at radius 2 is 1.77 bits per heavy atom. The largest absolute Gasteiger partial charge is 0.352 e. The van der Waals surface area contributed by atoms with E-state index in [-0.39, 0.29) is 11.7 Å². The van der Waals surface area contributed by atoms with Crippen LogP contribution < -0.4 is 0 Å². The second-order valence-corrected chi connectivity index (χ2v) is 8.07. The first kappa shape index (κ1) is 17.0. The first-order valence-electron chi connectivity index (χ1n) is 7.63. The fraction of sp³-hybridized carbons (Fsp3) is 0.667. The van der Waals surface area contributed by atoms with Crippen LogP contribution in [0.2, 0.25) is 0 Å². The Morgan fingerprint density at radius 1 is 1.18 bits per heavy atom. The van der Waals surface area contributed by atoms with Crippen molar-refractivity contribution in [3.05, 3.63) is 23.0 Å². The first-order valence-corrected chi connectivity index (χ1v) is 9.24. The predicted molar refractivity (Wildman–Crippen MR) is 86.2 cm³/mol. The van der Waals surface area contributed by atoms with Gasteiger partial charge in [0.2, 0.25) is 15.9 Å². The molecule has 2 heterocycles. The molecular formula is C15H25N3O3S. The molecule has 1 aromatic heterocycles. The summed E-state index contributed by atoms with van der Waals surface area (Å²) in [7, 11) is -1.15. The van der Waals surface area contributed by atoms with E-state index in [1.54, 1.807) is 11.8 Å². The van der Waals surface area contributed by atoms with E-state index < -0.39 is 10.0 Å². The summed E-state index contributed by atoms with van der Waals surface area (Å²) in [6.45, 7) is 7.43. The number of amides is 1. The molecule has 1 fully saturated rings. The van der Waals surface area contributed by atoms with Gasteiger partial charge in [0.25, 0.3) is 0 Å². The van der Waals surface area contributed by atoms with Gasteiger partial charge < -0.3 is 9.47 Å². The number of hydrogen-bond acceptors (Lipinski definition) is 3. The Morgan fingerprint density at radius 3 is 2.23 bits per heavy atom. The third-order valence-electron chi connectivity index (χ3n) is 4.57. The number of piperazine rings is 1. The molecule has 0 radical (unpaired) electrons. The molecule has 0 N–H and O–H groups in total. The van der Waals surface area contributed by atoms with Gasteiger partial charge >= 0.3 is 0 Å². The quantitative estimate of drug-likeness (QED) is 0.817. The van der Waals surface area contributed by atoms with Gasteiger partial charge in [0.15, 0.2) is 0 Å². The van der Waals surface area contributed by atoms with E-state index in [2.05, 4.69) is 4.57 Å². The minimum Gasteiger partial charge on any atom is -0.352 e. The average Bonchev–Trinajstić information content (AvgIpc) is 2.74. The van der Waals surface area contributed by atoms with Crippen molar-refractivity contribution >= 4 is 15.9 Å². The van der Waals surface area contributed by atoms with Crippen LogP contribution in [-0.2, 0) is 28.3 Å². The highest BCUT2D eigenvalue weighted by Crippen LogP contribution is 2.16. The zero-order chi connectivity index (χ0) is 16.5. The van der Waals surface area contributed by atoms with E-state index in [1.807, 2.05) is 27.0 Å². The van der Waals surface area contributed by atoms with Crippen molar-refractivity contribution in [1.82, 2.24) is 13.8 Å². The van der Waals surface area contributed by atoms with Gasteiger partial charge in [0, 0.05) is 44.6 Å². The van der Waals surface area contributed by atoms with Gasteiger partial charge in [-0.15, -0.1) is 0 Å². The molecule has 22 heavy (non-hydrogen) atoms. The van der Waals surface area contributed by atoms with Crippen LogP contribution in [0.4, 0.5) is 0 Å². The van der Waals surface area contributed by atoms with E-state index >= 15 is 0 Å². The predicted octanol–water partition coefficient (Wildman–Crippen LogP) is 0.678. The number of sulfonamides is 1. The molecule has 0 unspecified atom stereocenters. The zero-order valence-electron chi connectivity index (χ0n) is 13.8. The third kappa shape index (κ3) is 3.35. The van der Waals surface area contributed by atoms with Gasteiger partial charge in [-0.3, -0.25) is 4.79 Å². The van der Waals surface area contributed by atoms with Crippen LogP contribution in [-0.4, -0.2) is 60.0 Å². The van der Waals surface area contributed by atoms with Crippen LogP contribution in [0.25, 0.3) is 0 Å². The van der Waals surface area contributed by atoms with Gasteiger partial charge in [0.1, 0.15) is 0 Å². The summed E-state index contributed by atoms with van der Waals surface area (Å²) < 4.78 is 27.2. The molecule has 0 saturated carbocycles. The van der Waals surface area contributed by atoms with Crippen molar-refractivity contribution in [2.75, 3.05) is 31.9 Å². The molecule has 1 amide bonds. The van der Waals surface area contributed by atoms with E-state index in [0.717, 1.165) is 17.0 Å². The van der Waals surface area contributed by atoms with E-state index in [1.165, 1.54) is 4.31 Å². The Hall–Kier alpha value is -1.34. The molecule has 124 valence electrons. The Balaban J connectivity index is 1.97. The van der Waals surface area contributed by atoms with Crippen molar-refractivity contribution in [3.8, 4) is 0 Å². The Kier molecular flexibility index (Phi) is 4.97. The lowest BCUT2D eigenvalue weighted by atomic mass is 10.1. The van der Waals surface area contributed by atoms with Gasteiger partial charge in [-0.05, 0) is 32.4 Å². The highest BCUT2D eigenvalue weighted by molar-refractivity contribution is 7.89. The molecule has 0 aromatic carbocycles. The number of aromatic nitrogens is 1. The fourth-order valence-electron chi connectivity index (χ4n) is 2.79. The molecule has 1 saturated heterocycles. The first-order chi connectivity index (χ1) is 10.3. The second kappa shape index (κ2) is 6.42. The smallest absolute Gasteiger partial charge is 0.227 e. The summed E-state index contributed by atoms with van der Waals surface area (Å²) in [6.07, 6.45) is 0.383. The van der Waals surface area contributed by atoms with Gasteiger partial charge in [0.05, 0.1) is 12.2 Å². The Labute approximate surface area is 132 Å². The molecule has 0 aliphatic carbocycles. The lowest BCUT2D eigenvalue weighted by molar-refractivity contribution is -0.131. The monoisotopic (exact) mass is 327 g/mol. The lowest BCUT2D eigenvalue weighted by Crippen LogP contribution is -2.51. The topological polar surface area (TPSA) is 62.6 Å². The van der Waals surface area contributed by atoms with Crippen molar-refractivity contribution in [3.63, 3.8) is 0 Å². The number of aryl methyl sites for hydroxylation is 1. The average molecular weight is 327 g/mol. The van der Waals surface area contributed by atoms with Crippen molar-refractivity contribution in [2.24, 2.45) is 7.05 Å². The van der Waals surface area contributed by atoms with Crippen LogP contribution in [0, 0.1) is 13.8 Å². The van der Waals surface area contributed by atoms with Crippen LogP contribution in [0.1, 0.15) is 23.9 Å². The van der Waals surface area contributed by atoms with Crippen LogP contribution in [0.15, 0.2) is 6.07 Å². The van der Waals surface area contributed by atoms with Crippen molar-refractivity contribution < 1.29 is 13.2 Å². The molecule has 2 rings (SSSR count). The standard InChI is InChI=1S/C15H25N3O3S/c1-5-22(20,21)18-8-6-17(7-9-18)15(19)11-14-10-12(2)16(4)13(14)3/h10H,5-9,11H2,1-4H3. The molecule has 0 spiro atoms. The molecule has 6 nitrogen and oxygen atoms in total. The summed E-state index contributed by atoms with van der Waals surface area (Å²) in [5, 5.41) is 0. The molecular weight excluding hydrogens is 302 g/mol. The number of carbonyl (C=O) groups excluding carboxylic acids is 1. The summed E-state index contributed by atoms with van der Waals surface area (Å²) in [5.74, 6) is 0.186. The Bertz CT molecular complexity index is 656. The molecule has 0 bridgehead atoms. The molecule has 7 heteroatoms. The third-order valence-corrected chi connectivity index (χ3v) is 6.45. The zero-order valence-corrected chi connectivity index (χ0v) is 14.6. The maximum Gasteiger partial charge on any atom is 0.227 e. The SMILES string of the molecule is CCS(=O)(=O)N1CCN(C(=O)Cc2cc(C)n(C)c2C)CC1. The maximum atomic E-state index is 12.4. The van der Waals surface area contributed by atoms with E-state index in [9.17, 15) is 13.2 Å². The minimum atomic E-state index is -3.15. The van der Waals surface area contributed by atoms with Gasteiger partial charge in [-0.2, -0.15) is 4.31 Å². The maximum absolute atomic E-state index is 12.4. The molecule has 0 atom stereocenters. The summed E-state index contributed by atoms with van der Waals surface area (Å²) in [5.41, 5.74) is 3.30. The van der Waals surface area contributed by atoms with E-state index in [4.69, 9.17) is 0 Å². The number of rotatable bonds is 4. The normalized spacial score (nSPS) is 17.0. The van der Waals surface area contributed by atoms with Gasteiger partial charge in [-0.1, -0.05) is 0 Å². The second-order valence-electron chi connectivity index (χ2n) is 5.81. The minimum absolute atomic E-state index is 0.0715. The molecule has 1 aromatic rings. The highest BCUT2D eigenvalue weighted by atomic mass is 32.2.